The number of benzene rings is 2. The number of hydrogen-bond donors (Lipinski definition) is 0. The van der Waals surface area contributed by atoms with E-state index >= 15 is 0 Å². The van der Waals surface area contributed by atoms with Gasteiger partial charge in [0.25, 0.3) is 0 Å². The zero-order valence-electron chi connectivity index (χ0n) is 37.8. The predicted molar refractivity (Wildman–Crippen MR) is 245 cm³/mol. The molecule has 2 aromatic carbocycles. The van der Waals surface area contributed by atoms with Gasteiger partial charge in [0.2, 0.25) is 5.60 Å². The fourth-order valence-corrected chi connectivity index (χ4v) is 9.49. The van der Waals surface area contributed by atoms with E-state index in [0.717, 1.165) is 38.9 Å². The van der Waals surface area contributed by atoms with Crippen LogP contribution in [0.15, 0.2) is 48.0 Å². The van der Waals surface area contributed by atoms with E-state index < -0.39 is 34.3 Å². The molecule has 3 atom stereocenters. The number of carbonyl (C=O) groups excluding carboxylic acids is 2. The van der Waals surface area contributed by atoms with Gasteiger partial charge in [-0.15, -0.1) is 0 Å². The van der Waals surface area contributed by atoms with Crippen LogP contribution in [0.5, 0.6) is 11.5 Å². The minimum absolute atomic E-state index is 0.0121. The first kappa shape index (κ1) is 49.3. The molecule has 0 spiro atoms. The van der Waals surface area contributed by atoms with E-state index in [-0.39, 0.29) is 41.6 Å². The van der Waals surface area contributed by atoms with Crippen LogP contribution in [0.1, 0.15) is 119 Å². The standard InChI is InChI=1S/C46H73IO8Si2/c1-16-22-34(38(48)29-40(55-57(14,15)45(9,10)11)46(39(17-2)54-46)43(49)50-18-3)25-26-51-42-36(31-53-56(12,13)44(6,7)8)41(35(27-32(4)5)28-37(42)47)52-30-33-23-20-19-21-24-33/h19-21,23-25,28,32,39-40H,16-18,22,26-27,29-31H2,1-15H3/b34-25+/t39-,40-,46?/m0/s1. The number of Topliss-reactive ketones (excluding diaryl/α,β-unsaturated/α-hetero) is 1. The summed E-state index contributed by atoms with van der Waals surface area (Å²) in [6.45, 7) is 33.4. The molecule has 0 aromatic heterocycles. The third kappa shape index (κ3) is 12.7. The number of rotatable bonds is 22. The molecule has 0 saturated carbocycles. The van der Waals surface area contributed by atoms with Crippen molar-refractivity contribution in [3.05, 3.63) is 68.3 Å². The minimum atomic E-state index is -2.44. The van der Waals surface area contributed by atoms with Crippen LogP contribution in [0.25, 0.3) is 0 Å². The van der Waals surface area contributed by atoms with Gasteiger partial charge in [-0.05, 0) is 120 Å². The second-order valence-corrected chi connectivity index (χ2v) is 29.6. The van der Waals surface area contributed by atoms with Crippen molar-refractivity contribution in [1.29, 1.82) is 0 Å². The van der Waals surface area contributed by atoms with Crippen LogP contribution in [0, 0.1) is 9.49 Å². The number of ketones is 1. The maximum Gasteiger partial charge on any atom is 0.343 e. The van der Waals surface area contributed by atoms with Crippen LogP contribution in [0.3, 0.4) is 0 Å². The summed E-state index contributed by atoms with van der Waals surface area (Å²) in [5.74, 6) is 1.40. The van der Waals surface area contributed by atoms with Crippen molar-refractivity contribution in [3.63, 3.8) is 0 Å². The van der Waals surface area contributed by atoms with Crippen LogP contribution in [-0.4, -0.2) is 59.4 Å². The van der Waals surface area contributed by atoms with Crippen LogP contribution < -0.4 is 9.47 Å². The number of ether oxygens (including phenoxy) is 4. The van der Waals surface area contributed by atoms with Crippen molar-refractivity contribution >= 4 is 51.0 Å². The molecule has 2 aromatic rings. The summed E-state index contributed by atoms with van der Waals surface area (Å²) in [5, 5.41) is -0.130. The molecule has 8 nitrogen and oxygen atoms in total. The Morgan fingerprint density at radius 1 is 0.912 bits per heavy atom. The van der Waals surface area contributed by atoms with Crippen molar-refractivity contribution in [2.45, 2.75) is 176 Å². The summed E-state index contributed by atoms with van der Waals surface area (Å²) in [6, 6.07) is 12.4. The third-order valence-corrected chi connectivity index (χ3v) is 21.6. The SMILES string of the molecule is CCC/C(=C\COc1c(I)cc(CC(C)C)c(OCc2ccccc2)c1CO[Si](C)(C)C(C)(C)C)C(=O)C[C@H](O[Si](C)(C)C(C)(C)C)C1(C(=O)OCC)O[C@H]1CC. The Balaban J connectivity index is 2.06. The molecule has 1 aliphatic rings. The molecule has 1 aliphatic heterocycles. The first-order chi connectivity index (χ1) is 26.4. The highest BCUT2D eigenvalue weighted by Crippen LogP contribution is 2.49. The van der Waals surface area contributed by atoms with E-state index in [1.54, 1.807) is 6.92 Å². The quantitative estimate of drug-likeness (QED) is 0.0379. The zero-order chi connectivity index (χ0) is 43.0. The molecule has 0 aliphatic carbocycles. The molecule has 0 N–H and O–H groups in total. The lowest BCUT2D eigenvalue weighted by Gasteiger charge is -2.40. The topological polar surface area (TPSA) is 92.8 Å². The average molecular weight is 937 g/mol. The fraction of sp³-hybridized carbons (Fsp3) is 0.652. The lowest BCUT2D eigenvalue weighted by Crippen LogP contribution is -2.52. The summed E-state index contributed by atoms with van der Waals surface area (Å²) < 4.78 is 39.9. The molecule has 1 saturated heterocycles. The van der Waals surface area contributed by atoms with Crippen molar-refractivity contribution in [2.75, 3.05) is 13.2 Å². The van der Waals surface area contributed by atoms with E-state index in [1.807, 2.05) is 31.2 Å². The van der Waals surface area contributed by atoms with Gasteiger partial charge in [-0.1, -0.05) is 106 Å². The smallest absolute Gasteiger partial charge is 0.343 e. The number of halogens is 1. The predicted octanol–water partition coefficient (Wildman–Crippen LogP) is 12.2. The van der Waals surface area contributed by atoms with Crippen LogP contribution in [-0.2, 0) is 47.5 Å². The summed E-state index contributed by atoms with van der Waals surface area (Å²) in [4.78, 5) is 28.0. The molecule has 0 amide bonds. The van der Waals surface area contributed by atoms with Crippen molar-refractivity contribution in [2.24, 2.45) is 5.92 Å². The van der Waals surface area contributed by atoms with Gasteiger partial charge in [0.05, 0.1) is 28.5 Å². The molecule has 11 heteroatoms. The first-order valence-electron chi connectivity index (χ1n) is 21.0. The maximum absolute atomic E-state index is 14.4. The lowest BCUT2D eigenvalue weighted by molar-refractivity contribution is -0.154. The summed E-state index contributed by atoms with van der Waals surface area (Å²) in [5.41, 5.74) is 2.46. The Labute approximate surface area is 360 Å². The third-order valence-electron chi connectivity index (χ3n) is 11.8. The molecule has 57 heavy (non-hydrogen) atoms. The molecule has 3 rings (SSSR count). The zero-order valence-corrected chi connectivity index (χ0v) is 41.9. The van der Waals surface area contributed by atoms with Crippen LogP contribution >= 0.6 is 22.6 Å². The Hall–Kier alpha value is -2.04. The number of epoxide rings is 1. The Kier molecular flexibility index (Phi) is 17.7. The molecule has 0 radical (unpaired) electrons. The number of allylic oxidation sites excluding steroid dienone is 1. The Morgan fingerprint density at radius 2 is 1.54 bits per heavy atom. The van der Waals surface area contributed by atoms with Crippen molar-refractivity contribution in [1.82, 2.24) is 0 Å². The van der Waals surface area contributed by atoms with Crippen molar-refractivity contribution < 1.29 is 37.4 Å². The monoisotopic (exact) mass is 936 g/mol. The highest BCUT2D eigenvalue weighted by Gasteiger charge is 2.69. The highest BCUT2D eigenvalue weighted by molar-refractivity contribution is 14.1. The van der Waals surface area contributed by atoms with Gasteiger partial charge < -0.3 is 27.8 Å². The second kappa shape index (κ2) is 20.5. The fourth-order valence-electron chi connectivity index (χ4n) is 6.37. The molecule has 1 heterocycles. The summed E-state index contributed by atoms with van der Waals surface area (Å²) in [7, 11) is -4.60. The summed E-state index contributed by atoms with van der Waals surface area (Å²) in [6.07, 6.45) is 3.57. The second-order valence-electron chi connectivity index (χ2n) is 18.9. The largest absolute Gasteiger partial charge is 0.488 e. The van der Waals surface area contributed by atoms with E-state index in [0.29, 0.717) is 43.3 Å². The average Bonchev–Trinajstić information content (AvgIpc) is 3.86. The van der Waals surface area contributed by atoms with Crippen LogP contribution in [0.2, 0.25) is 36.3 Å². The maximum atomic E-state index is 14.4. The van der Waals surface area contributed by atoms with Gasteiger partial charge in [-0.25, -0.2) is 4.79 Å². The van der Waals surface area contributed by atoms with Crippen molar-refractivity contribution in [3.8, 4) is 11.5 Å². The highest BCUT2D eigenvalue weighted by atomic mass is 127. The van der Waals surface area contributed by atoms with E-state index in [4.69, 9.17) is 27.8 Å². The van der Waals surface area contributed by atoms with E-state index in [9.17, 15) is 9.59 Å². The van der Waals surface area contributed by atoms with Gasteiger partial charge >= 0.3 is 5.97 Å². The molecule has 320 valence electrons. The van der Waals surface area contributed by atoms with Crippen LogP contribution in [0.4, 0.5) is 0 Å². The van der Waals surface area contributed by atoms with Gasteiger partial charge in [0, 0.05) is 6.42 Å². The molecule has 0 bridgehead atoms. The van der Waals surface area contributed by atoms with E-state index in [1.165, 1.54) is 0 Å². The Bertz CT molecular complexity index is 1680. The lowest BCUT2D eigenvalue weighted by atomic mass is 9.90. The van der Waals surface area contributed by atoms with Gasteiger partial charge in [-0.2, -0.15) is 0 Å². The minimum Gasteiger partial charge on any atom is -0.488 e. The van der Waals surface area contributed by atoms with E-state index in [2.05, 4.69) is 129 Å². The summed E-state index contributed by atoms with van der Waals surface area (Å²) >= 11 is 2.36. The normalized spacial score (nSPS) is 18.4. The van der Waals surface area contributed by atoms with Gasteiger partial charge in [0.1, 0.15) is 30.8 Å². The number of hydrogen-bond acceptors (Lipinski definition) is 8. The number of esters is 1. The molecular weight excluding hydrogens is 864 g/mol. The first-order valence-corrected chi connectivity index (χ1v) is 27.9. The van der Waals surface area contributed by atoms with Gasteiger partial charge in [-0.3, -0.25) is 4.79 Å². The molecule has 1 unspecified atom stereocenters. The number of carbonyl (C=O) groups is 2. The molecule has 1 fully saturated rings. The molecular formula is C46H73IO8Si2. The van der Waals surface area contributed by atoms with Gasteiger partial charge in [0.15, 0.2) is 22.4 Å². The Morgan fingerprint density at radius 3 is 2.07 bits per heavy atom.